The molecule has 4 rings (SSSR count). The van der Waals surface area contributed by atoms with Crippen molar-refractivity contribution < 1.29 is 19.4 Å². The van der Waals surface area contributed by atoms with E-state index in [1.54, 1.807) is 30.0 Å². The maximum atomic E-state index is 12.9. The molecule has 2 heterocycles. The van der Waals surface area contributed by atoms with Gasteiger partial charge in [0.1, 0.15) is 22.8 Å². The summed E-state index contributed by atoms with van der Waals surface area (Å²) in [4.78, 5) is 24.6. The van der Waals surface area contributed by atoms with Gasteiger partial charge < -0.3 is 20.5 Å². The highest BCUT2D eigenvalue weighted by Crippen LogP contribution is 2.33. The molecule has 1 aromatic heterocycles. The molecule has 0 radical (unpaired) electrons. The van der Waals surface area contributed by atoms with Crippen LogP contribution in [0.15, 0.2) is 66.5 Å². The van der Waals surface area contributed by atoms with Crippen molar-refractivity contribution >= 4 is 23.4 Å². The van der Waals surface area contributed by atoms with Crippen molar-refractivity contribution in [2.24, 2.45) is 0 Å². The van der Waals surface area contributed by atoms with Crippen LogP contribution >= 0.6 is 0 Å². The smallest absolute Gasteiger partial charge is 0.352 e. The number of benzene rings is 2. The summed E-state index contributed by atoms with van der Waals surface area (Å²) in [5.74, 6) is -0.482. The van der Waals surface area contributed by atoms with E-state index in [9.17, 15) is 14.7 Å². The molecule has 158 valence electrons. The minimum absolute atomic E-state index is 0.0184. The van der Waals surface area contributed by atoms with Crippen LogP contribution in [-0.2, 0) is 11.2 Å². The van der Waals surface area contributed by atoms with E-state index in [1.165, 1.54) is 11.8 Å². The number of nitrogens with one attached hydrogen (secondary N) is 2. The van der Waals surface area contributed by atoms with Gasteiger partial charge in [0.05, 0.1) is 19.3 Å². The van der Waals surface area contributed by atoms with Crippen LogP contribution in [0.1, 0.15) is 34.5 Å². The number of carbonyl (C=O) groups excluding carboxylic acids is 1. The molecule has 8 nitrogen and oxygen atoms in total. The second kappa shape index (κ2) is 8.35. The van der Waals surface area contributed by atoms with Crippen LogP contribution in [0, 0.1) is 0 Å². The largest absolute Gasteiger partial charge is 0.497 e. The summed E-state index contributed by atoms with van der Waals surface area (Å²) < 4.78 is 6.80. The molecule has 1 aliphatic rings. The molecular formula is C23H22N4O4. The number of carboxylic acid groups (broad SMARTS) is 1. The average Bonchev–Trinajstić information content (AvgIpc) is 3.23. The van der Waals surface area contributed by atoms with Crippen molar-refractivity contribution in [2.45, 2.75) is 19.4 Å². The Hall–Kier alpha value is -4.07. The minimum atomic E-state index is -1.12. The number of aryl methyl sites for hydroxylation is 1. The van der Waals surface area contributed by atoms with Gasteiger partial charge in [-0.3, -0.25) is 4.79 Å². The molecule has 0 unspecified atom stereocenters. The van der Waals surface area contributed by atoms with E-state index < -0.39 is 12.0 Å². The lowest BCUT2D eigenvalue weighted by molar-refractivity contribution is -0.132. The lowest BCUT2D eigenvalue weighted by atomic mass is 10.0. The zero-order valence-electron chi connectivity index (χ0n) is 17.1. The Morgan fingerprint density at radius 1 is 1.16 bits per heavy atom. The van der Waals surface area contributed by atoms with Gasteiger partial charge in [-0.05, 0) is 47.9 Å². The minimum Gasteiger partial charge on any atom is -0.497 e. The standard InChI is InChI=1S/C23H22N4O4/c1-3-14-4-8-16(9-5-14)25-22(28)18-13-24-27-20(12-19(23(29)30)26-21(18)27)15-6-10-17(31-2)11-7-15/h4-13,20,26H,3H2,1-2H3,(H,25,28)(H,29,30)/t20-/m1/s1. The predicted molar refractivity (Wildman–Crippen MR) is 116 cm³/mol. The summed E-state index contributed by atoms with van der Waals surface area (Å²) in [6.45, 7) is 2.06. The number of ether oxygens (including phenoxy) is 1. The fourth-order valence-electron chi connectivity index (χ4n) is 3.45. The fraction of sp³-hybridized carbons (Fsp3) is 0.174. The van der Waals surface area contributed by atoms with Gasteiger partial charge in [0.15, 0.2) is 0 Å². The highest BCUT2D eigenvalue weighted by atomic mass is 16.5. The van der Waals surface area contributed by atoms with Crippen molar-refractivity contribution in [1.82, 2.24) is 9.78 Å². The van der Waals surface area contributed by atoms with Gasteiger partial charge >= 0.3 is 5.97 Å². The van der Waals surface area contributed by atoms with Gasteiger partial charge in [-0.2, -0.15) is 5.10 Å². The summed E-state index contributed by atoms with van der Waals surface area (Å²) in [6.07, 6.45) is 3.91. The number of carbonyl (C=O) groups is 2. The van der Waals surface area contributed by atoms with E-state index >= 15 is 0 Å². The molecule has 0 fully saturated rings. The molecule has 31 heavy (non-hydrogen) atoms. The summed E-state index contributed by atoms with van der Waals surface area (Å²) in [5.41, 5.74) is 2.87. The summed E-state index contributed by atoms with van der Waals surface area (Å²) in [5, 5.41) is 19.6. The lowest BCUT2D eigenvalue weighted by Crippen LogP contribution is -2.25. The number of hydrogen-bond donors (Lipinski definition) is 3. The molecule has 0 saturated heterocycles. The summed E-state index contributed by atoms with van der Waals surface area (Å²) >= 11 is 0. The second-order valence-corrected chi connectivity index (χ2v) is 7.08. The molecule has 3 aromatic rings. The molecule has 0 saturated carbocycles. The van der Waals surface area contributed by atoms with Gasteiger partial charge in [0.25, 0.3) is 5.91 Å². The molecule has 0 spiro atoms. The maximum Gasteiger partial charge on any atom is 0.352 e. The Labute approximate surface area is 179 Å². The Bertz CT molecular complexity index is 1150. The van der Waals surface area contributed by atoms with E-state index in [0.717, 1.165) is 12.0 Å². The first-order valence-corrected chi connectivity index (χ1v) is 9.84. The van der Waals surface area contributed by atoms with E-state index in [2.05, 4.69) is 22.7 Å². The van der Waals surface area contributed by atoms with E-state index in [1.807, 2.05) is 36.4 Å². The zero-order valence-corrected chi connectivity index (χ0v) is 17.1. The number of anilines is 2. The van der Waals surface area contributed by atoms with E-state index in [-0.39, 0.29) is 17.2 Å². The zero-order chi connectivity index (χ0) is 22.0. The number of methoxy groups -OCH3 is 1. The highest BCUT2D eigenvalue weighted by Gasteiger charge is 2.29. The quantitative estimate of drug-likeness (QED) is 0.564. The van der Waals surface area contributed by atoms with Crippen molar-refractivity contribution in [3.63, 3.8) is 0 Å². The molecule has 1 amide bonds. The molecule has 8 heteroatoms. The number of allylic oxidation sites excluding steroid dienone is 1. The average molecular weight is 418 g/mol. The van der Waals surface area contributed by atoms with Crippen LogP contribution in [0.5, 0.6) is 5.75 Å². The van der Waals surface area contributed by atoms with Crippen molar-refractivity contribution in [2.75, 3.05) is 17.7 Å². The topological polar surface area (TPSA) is 105 Å². The molecule has 1 atom stereocenters. The predicted octanol–water partition coefficient (Wildman–Crippen LogP) is 3.69. The van der Waals surface area contributed by atoms with Crippen LogP contribution in [0.2, 0.25) is 0 Å². The maximum absolute atomic E-state index is 12.9. The van der Waals surface area contributed by atoms with Crippen LogP contribution in [0.4, 0.5) is 11.5 Å². The van der Waals surface area contributed by atoms with Crippen LogP contribution in [0.3, 0.4) is 0 Å². The number of hydrogen-bond acceptors (Lipinski definition) is 5. The van der Waals surface area contributed by atoms with Crippen molar-refractivity contribution in [1.29, 1.82) is 0 Å². The molecule has 0 bridgehead atoms. The number of amides is 1. The van der Waals surface area contributed by atoms with Gasteiger partial charge in [-0.1, -0.05) is 31.2 Å². The molecule has 1 aliphatic heterocycles. The summed E-state index contributed by atoms with van der Waals surface area (Å²) in [7, 11) is 1.58. The lowest BCUT2D eigenvalue weighted by Gasteiger charge is -2.24. The van der Waals surface area contributed by atoms with Crippen LogP contribution < -0.4 is 15.4 Å². The second-order valence-electron chi connectivity index (χ2n) is 7.08. The number of carboxylic acids is 1. The first-order chi connectivity index (χ1) is 15.0. The van der Waals surface area contributed by atoms with Gasteiger partial charge in [0.2, 0.25) is 0 Å². The monoisotopic (exact) mass is 418 g/mol. The van der Waals surface area contributed by atoms with Gasteiger partial charge in [-0.15, -0.1) is 0 Å². The number of rotatable bonds is 6. The SMILES string of the molecule is CCc1ccc(NC(=O)c2cnn3c2NC(C(=O)O)=C[C@@H]3c2ccc(OC)cc2)cc1. The number of nitrogens with zero attached hydrogens (tertiary/aromatic N) is 2. The van der Waals surface area contributed by atoms with E-state index in [4.69, 9.17) is 4.74 Å². The molecule has 2 aromatic carbocycles. The Morgan fingerprint density at radius 2 is 1.87 bits per heavy atom. The van der Waals surface area contributed by atoms with Crippen LogP contribution in [-0.4, -0.2) is 33.9 Å². The molecule has 0 aliphatic carbocycles. The highest BCUT2D eigenvalue weighted by molar-refractivity contribution is 6.08. The molecular weight excluding hydrogens is 396 g/mol. The Balaban J connectivity index is 1.67. The van der Waals surface area contributed by atoms with Crippen molar-refractivity contribution in [3.05, 3.63) is 83.2 Å². The number of fused-ring (bicyclic) bond motifs is 1. The fourth-order valence-corrected chi connectivity index (χ4v) is 3.45. The summed E-state index contributed by atoms with van der Waals surface area (Å²) in [6, 6.07) is 14.4. The first-order valence-electron chi connectivity index (χ1n) is 9.84. The first kappa shape index (κ1) is 20.2. The third-order valence-corrected chi connectivity index (χ3v) is 5.19. The van der Waals surface area contributed by atoms with Crippen LogP contribution in [0.25, 0.3) is 0 Å². The van der Waals surface area contributed by atoms with Gasteiger partial charge in [-0.25, -0.2) is 9.48 Å². The Kier molecular flexibility index (Phi) is 5.44. The normalized spacial score (nSPS) is 14.8. The van der Waals surface area contributed by atoms with E-state index in [0.29, 0.717) is 17.3 Å². The third-order valence-electron chi connectivity index (χ3n) is 5.19. The number of aromatic nitrogens is 2. The third kappa shape index (κ3) is 4.00. The Morgan fingerprint density at radius 3 is 2.48 bits per heavy atom. The van der Waals surface area contributed by atoms with Crippen molar-refractivity contribution in [3.8, 4) is 5.75 Å². The molecule has 3 N–H and O–H groups in total. The number of aliphatic carboxylic acids is 1. The van der Waals surface area contributed by atoms with Gasteiger partial charge in [0, 0.05) is 5.69 Å².